The maximum absolute atomic E-state index is 13.0. The Morgan fingerprint density at radius 3 is 2.14 bits per heavy atom. The molecule has 1 aliphatic carbocycles. The van der Waals surface area contributed by atoms with Crippen LogP contribution in [0.2, 0.25) is 0 Å². The summed E-state index contributed by atoms with van der Waals surface area (Å²) in [6.07, 6.45) is 0.385. The monoisotopic (exact) mass is 328 g/mol. The molecule has 2 atom stereocenters. The number of nitrogens with zero attached hydrogens (tertiary/aromatic N) is 1. The highest BCUT2D eigenvalue weighted by atomic mass is 32.2. The molecule has 0 aromatic heterocycles. The lowest BCUT2D eigenvalue weighted by atomic mass is 9.83. The van der Waals surface area contributed by atoms with Crippen molar-refractivity contribution in [3.63, 3.8) is 0 Å². The van der Waals surface area contributed by atoms with Crippen molar-refractivity contribution < 1.29 is 21.6 Å². The Hall–Kier alpha value is -0.340. The van der Waals surface area contributed by atoms with E-state index in [4.69, 9.17) is 0 Å². The van der Waals surface area contributed by atoms with E-state index in [9.17, 15) is 21.6 Å². The van der Waals surface area contributed by atoms with Crippen LogP contribution in [0.15, 0.2) is 0 Å². The molecule has 1 heterocycles. The number of piperidine rings is 1. The summed E-state index contributed by atoms with van der Waals surface area (Å²) < 4.78 is 63.4. The zero-order valence-corrected chi connectivity index (χ0v) is 13.0. The third kappa shape index (κ3) is 4.56. The molecule has 0 spiro atoms. The second-order valence-electron chi connectivity index (χ2n) is 6.14. The number of sulfonamides is 1. The first-order chi connectivity index (χ1) is 9.68. The van der Waals surface area contributed by atoms with Crippen LogP contribution >= 0.6 is 0 Å². The van der Waals surface area contributed by atoms with Crippen molar-refractivity contribution in [2.75, 3.05) is 19.3 Å². The van der Waals surface area contributed by atoms with Crippen molar-refractivity contribution in [1.82, 2.24) is 9.62 Å². The molecule has 4 nitrogen and oxygen atoms in total. The Labute approximate surface area is 124 Å². The van der Waals surface area contributed by atoms with Gasteiger partial charge in [0.1, 0.15) is 0 Å². The van der Waals surface area contributed by atoms with Crippen molar-refractivity contribution in [1.29, 1.82) is 0 Å². The summed E-state index contributed by atoms with van der Waals surface area (Å²) >= 11 is 0. The van der Waals surface area contributed by atoms with E-state index in [0.717, 1.165) is 6.42 Å². The number of hydrogen-bond donors (Lipinski definition) is 1. The van der Waals surface area contributed by atoms with Crippen LogP contribution in [0.3, 0.4) is 0 Å². The van der Waals surface area contributed by atoms with E-state index in [1.54, 1.807) is 0 Å². The SMILES string of the molecule is CS(=O)(=O)N1CCC(NC2CCCCC2C(F)(F)F)CC1. The van der Waals surface area contributed by atoms with Crippen molar-refractivity contribution >= 4 is 10.0 Å². The summed E-state index contributed by atoms with van der Waals surface area (Å²) in [6, 6.07) is -0.538. The van der Waals surface area contributed by atoms with Gasteiger partial charge in [-0.15, -0.1) is 0 Å². The van der Waals surface area contributed by atoms with Gasteiger partial charge in [-0.25, -0.2) is 12.7 Å². The fourth-order valence-corrected chi connectivity index (χ4v) is 4.25. The molecule has 2 fully saturated rings. The minimum Gasteiger partial charge on any atom is -0.311 e. The first-order valence-electron chi connectivity index (χ1n) is 7.46. The van der Waals surface area contributed by atoms with Gasteiger partial charge in [-0.2, -0.15) is 13.2 Å². The van der Waals surface area contributed by atoms with E-state index < -0.39 is 28.2 Å². The third-order valence-corrected chi connectivity index (χ3v) is 5.86. The topological polar surface area (TPSA) is 49.4 Å². The van der Waals surface area contributed by atoms with Crippen LogP contribution in [0.5, 0.6) is 0 Å². The van der Waals surface area contributed by atoms with Gasteiger partial charge >= 0.3 is 6.18 Å². The molecule has 21 heavy (non-hydrogen) atoms. The summed E-state index contributed by atoms with van der Waals surface area (Å²) in [5, 5.41) is 3.14. The smallest absolute Gasteiger partial charge is 0.311 e. The predicted molar refractivity (Wildman–Crippen MR) is 74.4 cm³/mol. The lowest BCUT2D eigenvalue weighted by molar-refractivity contribution is -0.189. The highest BCUT2D eigenvalue weighted by Gasteiger charge is 2.46. The second-order valence-corrected chi connectivity index (χ2v) is 8.12. The lowest BCUT2D eigenvalue weighted by Crippen LogP contribution is -2.52. The zero-order chi connectivity index (χ0) is 15.7. The number of alkyl halides is 3. The number of rotatable bonds is 3. The maximum atomic E-state index is 13.0. The Morgan fingerprint density at radius 1 is 1.05 bits per heavy atom. The van der Waals surface area contributed by atoms with Crippen LogP contribution in [-0.4, -0.2) is 50.3 Å². The summed E-state index contributed by atoms with van der Waals surface area (Å²) in [7, 11) is -3.19. The van der Waals surface area contributed by atoms with Crippen LogP contribution in [-0.2, 0) is 10.0 Å². The van der Waals surface area contributed by atoms with Crippen molar-refractivity contribution in [3.05, 3.63) is 0 Å². The maximum Gasteiger partial charge on any atom is 0.393 e. The zero-order valence-electron chi connectivity index (χ0n) is 12.2. The van der Waals surface area contributed by atoms with Crippen molar-refractivity contribution in [3.8, 4) is 0 Å². The highest BCUT2D eigenvalue weighted by molar-refractivity contribution is 7.88. The molecule has 0 aromatic rings. The second kappa shape index (κ2) is 6.42. The molecule has 1 saturated carbocycles. The van der Waals surface area contributed by atoms with Crippen LogP contribution < -0.4 is 5.32 Å². The molecule has 0 aromatic carbocycles. The minimum absolute atomic E-state index is 0.0176. The number of halogens is 3. The van der Waals surface area contributed by atoms with Gasteiger partial charge in [0.05, 0.1) is 12.2 Å². The van der Waals surface area contributed by atoms with Crippen molar-refractivity contribution in [2.45, 2.75) is 56.8 Å². The summed E-state index contributed by atoms with van der Waals surface area (Å²) in [5.74, 6) is -1.26. The largest absolute Gasteiger partial charge is 0.393 e. The van der Waals surface area contributed by atoms with E-state index in [1.807, 2.05) is 0 Å². The molecule has 1 saturated heterocycles. The predicted octanol–water partition coefficient (Wildman–Crippen LogP) is 2.12. The van der Waals surface area contributed by atoms with Crippen LogP contribution in [0.1, 0.15) is 38.5 Å². The molecule has 2 aliphatic rings. The van der Waals surface area contributed by atoms with Gasteiger partial charge < -0.3 is 5.32 Å². The Bertz CT molecular complexity index is 445. The van der Waals surface area contributed by atoms with Crippen LogP contribution in [0.4, 0.5) is 13.2 Å². The van der Waals surface area contributed by atoms with Gasteiger partial charge in [0.15, 0.2) is 0 Å². The minimum atomic E-state index is -4.15. The Kier molecular flexibility index (Phi) is 5.20. The molecule has 0 bridgehead atoms. The van der Waals surface area contributed by atoms with Gasteiger partial charge in [-0.1, -0.05) is 12.8 Å². The standard InChI is InChI=1S/C13H23F3N2O2S/c1-21(19,20)18-8-6-10(7-9-18)17-12-5-3-2-4-11(12)13(14,15)16/h10-12,17H,2-9H2,1H3. The molecule has 124 valence electrons. The Morgan fingerprint density at radius 2 is 1.62 bits per heavy atom. The van der Waals surface area contributed by atoms with E-state index in [-0.39, 0.29) is 12.5 Å². The summed E-state index contributed by atoms with van der Waals surface area (Å²) in [5.41, 5.74) is 0. The fraction of sp³-hybridized carbons (Fsp3) is 1.00. The first-order valence-corrected chi connectivity index (χ1v) is 9.30. The molecule has 0 amide bonds. The Balaban J connectivity index is 1.90. The van der Waals surface area contributed by atoms with E-state index in [2.05, 4.69) is 5.32 Å². The molecular weight excluding hydrogens is 305 g/mol. The number of nitrogens with one attached hydrogen (secondary N) is 1. The van der Waals surface area contributed by atoms with Crippen molar-refractivity contribution in [2.24, 2.45) is 5.92 Å². The lowest BCUT2D eigenvalue weighted by Gasteiger charge is -2.38. The molecule has 2 rings (SSSR count). The fourth-order valence-electron chi connectivity index (χ4n) is 3.38. The van der Waals surface area contributed by atoms with Gasteiger partial charge in [0.25, 0.3) is 0 Å². The first kappa shape index (κ1) is 17.0. The number of hydrogen-bond acceptors (Lipinski definition) is 3. The van der Waals surface area contributed by atoms with E-state index in [0.29, 0.717) is 38.8 Å². The average molecular weight is 328 g/mol. The van der Waals surface area contributed by atoms with Crippen LogP contribution in [0.25, 0.3) is 0 Å². The third-order valence-electron chi connectivity index (χ3n) is 4.56. The van der Waals surface area contributed by atoms with Gasteiger partial charge in [-0.05, 0) is 25.7 Å². The molecule has 0 radical (unpaired) electrons. The van der Waals surface area contributed by atoms with E-state index in [1.165, 1.54) is 10.6 Å². The highest BCUT2D eigenvalue weighted by Crippen LogP contribution is 2.38. The van der Waals surface area contributed by atoms with Crippen LogP contribution in [0, 0.1) is 5.92 Å². The van der Waals surface area contributed by atoms with Gasteiger partial charge in [0, 0.05) is 25.2 Å². The quantitative estimate of drug-likeness (QED) is 0.863. The summed E-state index contributed by atoms with van der Waals surface area (Å²) in [4.78, 5) is 0. The van der Waals surface area contributed by atoms with Gasteiger partial charge in [-0.3, -0.25) is 0 Å². The molecule has 1 N–H and O–H groups in total. The summed E-state index contributed by atoms with van der Waals surface area (Å²) in [6.45, 7) is 0.778. The molecular formula is C13H23F3N2O2S. The molecule has 1 aliphatic heterocycles. The molecule has 8 heteroatoms. The average Bonchev–Trinajstić information content (AvgIpc) is 2.37. The normalized spacial score (nSPS) is 30.5. The van der Waals surface area contributed by atoms with Gasteiger partial charge in [0.2, 0.25) is 10.0 Å². The van der Waals surface area contributed by atoms with E-state index >= 15 is 0 Å². The molecule has 2 unspecified atom stereocenters.